The molecule has 0 unspecified atom stereocenters. The minimum atomic E-state index is 0.131. The number of nitrogens with zero attached hydrogens (tertiary/aromatic N) is 2. The zero-order chi connectivity index (χ0) is 13.3. The minimum Gasteiger partial charge on any atom is -0.367 e. The molecule has 2 aromatic rings. The van der Waals surface area contributed by atoms with Gasteiger partial charge in [-0.3, -0.25) is 4.98 Å². The van der Waals surface area contributed by atoms with Crippen LogP contribution in [0.5, 0.6) is 0 Å². The Morgan fingerprint density at radius 1 is 1.37 bits per heavy atom. The molecule has 0 aromatic carbocycles. The summed E-state index contributed by atoms with van der Waals surface area (Å²) in [7, 11) is 0. The van der Waals surface area contributed by atoms with Crippen molar-refractivity contribution in [2.24, 2.45) is 0 Å². The molecule has 4 heteroatoms. The van der Waals surface area contributed by atoms with Gasteiger partial charge < -0.3 is 10.3 Å². The molecule has 0 amide bonds. The van der Waals surface area contributed by atoms with E-state index in [4.69, 9.17) is 10.3 Å². The van der Waals surface area contributed by atoms with Gasteiger partial charge in [0.05, 0.1) is 11.3 Å². The predicted molar refractivity (Wildman–Crippen MR) is 74.6 cm³/mol. The number of nitrogens with two attached hydrogens (primary N) is 1. The lowest BCUT2D eigenvalue weighted by molar-refractivity contribution is 0.361. The Hall–Kier alpha value is -1.84. The van der Waals surface area contributed by atoms with Gasteiger partial charge >= 0.3 is 0 Å². The smallest absolute Gasteiger partial charge is 0.230 e. The van der Waals surface area contributed by atoms with Crippen molar-refractivity contribution in [1.29, 1.82) is 0 Å². The average Bonchev–Trinajstić information content (AvgIpc) is 3.07. The highest BCUT2D eigenvalue weighted by Crippen LogP contribution is 2.47. The molecule has 1 aliphatic carbocycles. The van der Waals surface area contributed by atoms with Crippen LogP contribution in [0.3, 0.4) is 0 Å². The summed E-state index contributed by atoms with van der Waals surface area (Å²) in [6.07, 6.45) is 9.51. The highest BCUT2D eigenvalue weighted by molar-refractivity contribution is 5.75. The summed E-state index contributed by atoms with van der Waals surface area (Å²) in [5, 5.41) is 4.29. The molecular weight excluding hydrogens is 238 g/mol. The maximum Gasteiger partial charge on any atom is 0.230 e. The summed E-state index contributed by atoms with van der Waals surface area (Å²) in [6.45, 7) is 2.23. The van der Waals surface area contributed by atoms with Crippen LogP contribution in [-0.4, -0.2) is 10.1 Å². The molecule has 0 aliphatic heterocycles. The molecule has 1 saturated carbocycles. The quantitative estimate of drug-likeness (QED) is 0.913. The lowest BCUT2D eigenvalue weighted by atomic mass is 9.77. The van der Waals surface area contributed by atoms with E-state index in [0.717, 1.165) is 23.2 Å². The second-order valence-corrected chi connectivity index (χ2v) is 5.35. The minimum absolute atomic E-state index is 0.131. The molecule has 0 radical (unpaired) electrons. The molecule has 0 atom stereocenters. The molecule has 100 valence electrons. The van der Waals surface area contributed by atoms with Gasteiger partial charge in [-0.25, -0.2) is 0 Å². The standard InChI is InChI=1S/C15H19N3O/c1-2-15(7-3-4-8-15)13-12(14(16)19-18-13)11-6-5-9-17-10-11/h5-6,9-10H,2-4,7-8,16H2,1H3. The number of hydrogen-bond donors (Lipinski definition) is 1. The van der Waals surface area contributed by atoms with E-state index >= 15 is 0 Å². The molecule has 1 aliphatic rings. The highest BCUT2D eigenvalue weighted by Gasteiger charge is 2.39. The van der Waals surface area contributed by atoms with Gasteiger partial charge in [-0.1, -0.05) is 31.0 Å². The monoisotopic (exact) mass is 257 g/mol. The van der Waals surface area contributed by atoms with E-state index in [2.05, 4.69) is 17.1 Å². The fourth-order valence-electron chi connectivity index (χ4n) is 3.26. The van der Waals surface area contributed by atoms with Gasteiger partial charge in [0, 0.05) is 23.4 Å². The van der Waals surface area contributed by atoms with E-state index in [9.17, 15) is 0 Å². The van der Waals surface area contributed by atoms with Crippen molar-refractivity contribution in [2.45, 2.75) is 44.4 Å². The zero-order valence-corrected chi connectivity index (χ0v) is 11.2. The molecule has 3 rings (SSSR count). The van der Waals surface area contributed by atoms with Crippen molar-refractivity contribution in [3.05, 3.63) is 30.2 Å². The molecule has 4 nitrogen and oxygen atoms in total. The van der Waals surface area contributed by atoms with Crippen molar-refractivity contribution in [3.63, 3.8) is 0 Å². The SMILES string of the molecule is CCC1(c2noc(N)c2-c2cccnc2)CCCC1. The van der Waals surface area contributed by atoms with Gasteiger partial charge in [0.2, 0.25) is 5.88 Å². The number of rotatable bonds is 3. The summed E-state index contributed by atoms with van der Waals surface area (Å²) >= 11 is 0. The van der Waals surface area contributed by atoms with Crippen molar-refractivity contribution in [1.82, 2.24) is 10.1 Å². The molecule has 1 fully saturated rings. The van der Waals surface area contributed by atoms with Crippen LogP contribution in [0, 0.1) is 0 Å². The number of aromatic nitrogens is 2. The Morgan fingerprint density at radius 3 is 2.79 bits per heavy atom. The maximum atomic E-state index is 6.00. The average molecular weight is 257 g/mol. The van der Waals surface area contributed by atoms with Crippen molar-refractivity contribution < 1.29 is 4.52 Å². The molecule has 2 heterocycles. The van der Waals surface area contributed by atoms with Crippen LogP contribution >= 0.6 is 0 Å². The summed E-state index contributed by atoms with van der Waals surface area (Å²) in [6, 6.07) is 3.93. The van der Waals surface area contributed by atoms with Crippen LogP contribution in [0.4, 0.5) is 5.88 Å². The fourth-order valence-corrected chi connectivity index (χ4v) is 3.26. The fraction of sp³-hybridized carbons (Fsp3) is 0.467. The molecule has 19 heavy (non-hydrogen) atoms. The maximum absolute atomic E-state index is 6.00. The van der Waals surface area contributed by atoms with Crippen molar-refractivity contribution in [2.75, 3.05) is 5.73 Å². The first-order valence-electron chi connectivity index (χ1n) is 6.93. The Bertz CT molecular complexity index is 556. The van der Waals surface area contributed by atoms with E-state index in [1.54, 1.807) is 6.20 Å². The lowest BCUT2D eigenvalue weighted by Gasteiger charge is -2.25. The van der Waals surface area contributed by atoms with Crippen LogP contribution in [-0.2, 0) is 5.41 Å². The van der Waals surface area contributed by atoms with Crippen LogP contribution in [0.1, 0.15) is 44.7 Å². The molecular formula is C15H19N3O. The van der Waals surface area contributed by atoms with Crippen molar-refractivity contribution in [3.8, 4) is 11.1 Å². The largest absolute Gasteiger partial charge is 0.367 e. The van der Waals surface area contributed by atoms with E-state index in [1.165, 1.54) is 25.7 Å². The third-order valence-electron chi connectivity index (χ3n) is 4.41. The molecule has 0 bridgehead atoms. The number of hydrogen-bond acceptors (Lipinski definition) is 4. The van der Waals surface area contributed by atoms with E-state index in [1.807, 2.05) is 18.3 Å². The molecule has 2 N–H and O–H groups in total. The number of nitrogen functional groups attached to an aromatic ring is 1. The molecule has 0 spiro atoms. The van der Waals surface area contributed by atoms with Gasteiger partial charge in [-0.15, -0.1) is 0 Å². The van der Waals surface area contributed by atoms with Crippen LogP contribution < -0.4 is 5.73 Å². The summed E-state index contributed by atoms with van der Waals surface area (Å²) in [4.78, 5) is 4.17. The van der Waals surface area contributed by atoms with E-state index in [0.29, 0.717) is 5.88 Å². The molecule has 2 aromatic heterocycles. The molecule has 0 saturated heterocycles. The summed E-state index contributed by atoms with van der Waals surface area (Å²) < 4.78 is 5.29. The van der Waals surface area contributed by atoms with Crippen LogP contribution in [0.25, 0.3) is 11.1 Å². The Morgan fingerprint density at radius 2 is 2.16 bits per heavy atom. The second-order valence-electron chi connectivity index (χ2n) is 5.35. The van der Waals surface area contributed by atoms with Gasteiger partial charge in [0.15, 0.2) is 0 Å². The third kappa shape index (κ3) is 1.91. The Kier molecular flexibility index (Phi) is 3.01. The van der Waals surface area contributed by atoms with Gasteiger partial charge in [-0.05, 0) is 25.3 Å². The first-order chi connectivity index (χ1) is 9.27. The Balaban J connectivity index is 2.13. The van der Waals surface area contributed by atoms with Gasteiger partial charge in [0.25, 0.3) is 0 Å². The number of pyridine rings is 1. The van der Waals surface area contributed by atoms with Gasteiger partial charge in [0.1, 0.15) is 0 Å². The summed E-state index contributed by atoms with van der Waals surface area (Å²) in [5.74, 6) is 0.405. The highest BCUT2D eigenvalue weighted by atomic mass is 16.5. The van der Waals surface area contributed by atoms with E-state index in [-0.39, 0.29) is 5.41 Å². The Labute approximate surface area is 113 Å². The summed E-state index contributed by atoms with van der Waals surface area (Å²) in [5.41, 5.74) is 9.09. The van der Waals surface area contributed by atoms with Crippen molar-refractivity contribution >= 4 is 5.88 Å². The zero-order valence-electron chi connectivity index (χ0n) is 11.2. The second kappa shape index (κ2) is 4.68. The normalized spacial score (nSPS) is 17.7. The van der Waals surface area contributed by atoms with Crippen LogP contribution in [0.2, 0.25) is 0 Å². The topological polar surface area (TPSA) is 64.9 Å². The third-order valence-corrected chi connectivity index (χ3v) is 4.41. The number of anilines is 1. The predicted octanol–water partition coefficient (Wildman–Crippen LogP) is 3.54. The van der Waals surface area contributed by atoms with E-state index < -0.39 is 0 Å². The lowest BCUT2D eigenvalue weighted by Crippen LogP contribution is -2.22. The first kappa shape index (κ1) is 12.2. The van der Waals surface area contributed by atoms with Gasteiger partial charge in [-0.2, -0.15) is 0 Å². The van der Waals surface area contributed by atoms with Crippen LogP contribution in [0.15, 0.2) is 29.0 Å². The first-order valence-corrected chi connectivity index (χ1v) is 6.93.